The van der Waals surface area contributed by atoms with E-state index in [1.807, 2.05) is 6.92 Å². The Labute approximate surface area is 273 Å². The number of benzene rings is 4. The summed E-state index contributed by atoms with van der Waals surface area (Å²) in [7, 11) is -3.80. The Bertz CT molecular complexity index is 1740. The number of amides is 1. The van der Waals surface area contributed by atoms with Crippen LogP contribution in [-0.4, -0.2) is 49.8 Å². The fraction of sp³-hybridized carbons (Fsp3) is 0.286. The summed E-state index contributed by atoms with van der Waals surface area (Å²) in [5, 5.41) is 6.66. The van der Waals surface area contributed by atoms with E-state index in [1.165, 1.54) is 28.6 Å². The molecule has 1 saturated heterocycles. The number of carbonyl (C=O) groups is 1. The summed E-state index contributed by atoms with van der Waals surface area (Å²) >= 11 is 6.11. The molecule has 0 aliphatic carbocycles. The van der Waals surface area contributed by atoms with Gasteiger partial charge in [-0.15, -0.1) is 0 Å². The number of nitrogens with one attached hydrogen (secondary N) is 2. The van der Waals surface area contributed by atoms with E-state index in [-0.39, 0.29) is 34.4 Å². The minimum absolute atomic E-state index is 0.174. The van der Waals surface area contributed by atoms with Gasteiger partial charge >= 0.3 is 0 Å². The van der Waals surface area contributed by atoms with E-state index >= 15 is 4.39 Å². The van der Waals surface area contributed by atoms with Gasteiger partial charge in [0.25, 0.3) is 0 Å². The van der Waals surface area contributed by atoms with Crippen molar-refractivity contribution in [1.29, 1.82) is 0 Å². The van der Waals surface area contributed by atoms with Gasteiger partial charge in [0, 0.05) is 47.4 Å². The number of nitrogens with two attached hydrogens (primary N) is 1. The Balaban J connectivity index is 1.36. The van der Waals surface area contributed by atoms with Gasteiger partial charge in [-0.25, -0.2) is 17.2 Å². The molecule has 1 aliphatic rings. The Morgan fingerprint density at radius 2 is 1.67 bits per heavy atom. The van der Waals surface area contributed by atoms with Crippen molar-refractivity contribution < 1.29 is 22.0 Å². The third kappa shape index (κ3) is 7.82. The highest BCUT2D eigenvalue weighted by molar-refractivity contribution is 7.89. The molecule has 242 valence electrons. The first kappa shape index (κ1) is 33.7. The van der Waals surface area contributed by atoms with E-state index in [2.05, 4.69) is 10.6 Å². The molecule has 0 aromatic heterocycles. The molecule has 7 nitrogen and oxygen atoms in total. The van der Waals surface area contributed by atoms with Crippen molar-refractivity contribution in [3.05, 3.63) is 130 Å². The molecular formula is C35H37ClF2N4O3S. The zero-order valence-corrected chi connectivity index (χ0v) is 26.9. The monoisotopic (exact) mass is 666 g/mol. The van der Waals surface area contributed by atoms with E-state index in [4.69, 9.17) is 17.3 Å². The third-order valence-corrected chi connectivity index (χ3v) is 10.8. The normalized spacial score (nSPS) is 18.5. The van der Waals surface area contributed by atoms with Crippen LogP contribution in [0, 0.1) is 11.6 Å². The van der Waals surface area contributed by atoms with Gasteiger partial charge in [0.2, 0.25) is 15.9 Å². The first-order chi connectivity index (χ1) is 22.0. The minimum Gasteiger partial charge on any atom is -0.324 e. The highest BCUT2D eigenvalue weighted by Crippen LogP contribution is 2.30. The van der Waals surface area contributed by atoms with Crippen LogP contribution in [0.25, 0.3) is 0 Å². The van der Waals surface area contributed by atoms with Gasteiger partial charge in [-0.2, -0.15) is 4.31 Å². The highest BCUT2D eigenvalue weighted by atomic mass is 35.5. The van der Waals surface area contributed by atoms with Crippen LogP contribution in [-0.2, 0) is 27.7 Å². The summed E-state index contributed by atoms with van der Waals surface area (Å²) < 4.78 is 57.7. The molecule has 0 bridgehead atoms. The Morgan fingerprint density at radius 1 is 0.978 bits per heavy atom. The summed E-state index contributed by atoms with van der Waals surface area (Å²) in [5.41, 5.74) is 8.68. The SMILES string of the molecule is C[C@H]1CNC[C@H](CCc2c(F)cccc2NC(=O)[C@@H](N)[C@@H](Cc2ccc(F)cc2)c2ccc(Cl)cc2)N1S(=O)(=O)c1ccccc1. The average molecular weight is 667 g/mol. The summed E-state index contributed by atoms with van der Waals surface area (Å²) in [6.07, 6.45) is 0.843. The molecule has 0 unspecified atom stereocenters. The number of halogens is 3. The second kappa shape index (κ2) is 14.8. The summed E-state index contributed by atoms with van der Waals surface area (Å²) in [4.78, 5) is 13.9. The van der Waals surface area contributed by atoms with Gasteiger partial charge < -0.3 is 16.4 Å². The molecule has 0 saturated carbocycles. The smallest absolute Gasteiger partial charge is 0.243 e. The molecule has 4 atom stereocenters. The molecule has 46 heavy (non-hydrogen) atoms. The van der Waals surface area contributed by atoms with Crippen molar-refractivity contribution in [3.8, 4) is 0 Å². The minimum atomic E-state index is -3.80. The summed E-state index contributed by atoms with van der Waals surface area (Å²) in [6, 6.07) is 23.9. The second-order valence-corrected chi connectivity index (χ2v) is 13.9. The first-order valence-corrected chi connectivity index (χ1v) is 17.0. The van der Waals surface area contributed by atoms with Crippen molar-refractivity contribution in [3.63, 3.8) is 0 Å². The maximum atomic E-state index is 15.3. The van der Waals surface area contributed by atoms with Crippen LogP contribution in [0.15, 0.2) is 102 Å². The predicted molar refractivity (Wildman–Crippen MR) is 177 cm³/mol. The lowest BCUT2D eigenvalue weighted by Crippen LogP contribution is -2.58. The average Bonchev–Trinajstić information content (AvgIpc) is 3.04. The van der Waals surface area contributed by atoms with Crippen LogP contribution in [0.1, 0.15) is 36.0 Å². The number of rotatable bonds is 11. The molecule has 0 spiro atoms. The van der Waals surface area contributed by atoms with Gasteiger partial charge in [-0.05, 0) is 85.8 Å². The quantitative estimate of drug-likeness (QED) is 0.185. The zero-order chi connectivity index (χ0) is 32.8. The molecule has 1 fully saturated rings. The van der Waals surface area contributed by atoms with Crippen LogP contribution >= 0.6 is 11.6 Å². The largest absolute Gasteiger partial charge is 0.324 e. The van der Waals surface area contributed by atoms with Crippen molar-refractivity contribution in [2.75, 3.05) is 18.4 Å². The van der Waals surface area contributed by atoms with Gasteiger partial charge in [0.05, 0.1) is 10.9 Å². The number of anilines is 1. The first-order valence-electron chi connectivity index (χ1n) is 15.2. The topological polar surface area (TPSA) is 105 Å². The molecular weight excluding hydrogens is 630 g/mol. The summed E-state index contributed by atoms with van der Waals surface area (Å²) in [6.45, 7) is 2.75. The number of piperazine rings is 1. The Hall–Kier alpha value is -3.67. The van der Waals surface area contributed by atoms with E-state index in [0.717, 1.165) is 11.1 Å². The fourth-order valence-electron chi connectivity index (χ4n) is 6.05. The molecule has 1 aliphatic heterocycles. The number of hydrogen-bond acceptors (Lipinski definition) is 5. The Kier molecular flexibility index (Phi) is 10.9. The molecule has 4 aromatic rings. The van der Waals surface area contributed by atoms with E-state index in [1.54, 1.807) is 72.8 Å². The van der Waals surface area contributed by atoms with Crippen molar-refractivity contribution in [1.82, 2.24) is 9.62 Å². The van der Waals surface area contributed by atoms with Crippen molar-refractivity contribution in [2.45, 2.75) is 55.1 Å². The van der Waals surface area contributed by atoms with Gasteiger partial charge in [0.15, 0.2) is 0 Å². The number of sulfonamides is 1. The standard InChI is InChI=1S/C35H37ClF2N4O3S/c1-23-21-40-22-28(42(23)46(44,45)29-6-3-2-4-7-29)18-19-30-32(38)8-5-9-33(30)41-35(43)34(39)31(25-12-14-26(36)15-13-25)20-24-10-16-27(37)17-11-24/h2-17,23,28,31,34,40H,18-22,39H2,1H3,(H,41,43)/t23-,28-,31-,34-/m0/s1. The fourth-order valence-corrected chi connectivity index (χ4v) is 8.04. The molecule has 1 amide bonds. The third-order valence-electron chi connectivity index (χ3n) is 8.44. The molecule has 1 heterocycles. The predicted octanol–water partition coefficient (Wildman–Crippen LogP) is 5.89. The van der Waals surface area contributed by atoms with Crippen molar-refractivity contribution in [2.24, 2.45) is 5.73 Å². The lowest BCUT2D eigenvalue weighted by atomic mass is 9.85. The number of carbonyl (C=O) groups excluding carboxylic acids is 1. The maximum absolute atomic E-state index is 15.3. The zero-order valence-electron chi connectivity index (χ0n) is 25.4. The van der Waals surface area contributed by atoms with E-state index in [0.29, 0.717) is 31.0 Å². The summed E-state index contributed by atoms with van der Waals surface area (Å²) in [5.74, 6) is -1.89. The van der Waals surface area contributed by atoms with Crippen LogP contribution in [0.2, 0.25) is 5.02 Å². The number of hydrogen-bond donors (Lipinski definition) is 3. The maximum Gasteiger partial charge on any atom is 0.243 e. The highest BCUT2D eigenvalue weighted by Gasteiger charge is 2.38. The van der Waals surface area contributed by atoms with E-state index < -0.39 is 39.7 Å². The lowest BCUT2D eigenvalue weighted by molar-refractivity contribution is -0.117. The molecule has 11 heteroatoms. The van der Waals surface area contributed by atoms with E-state index in [9.17, 15) is 17.6 Å². The van der Waals surface area contributed by atoms with Crippen LogP contribution in [0.5, 0.6) is 0 Å². The van der Waals surface area contributed by atoms with Gasteiger partial charge in [0.1, 0.15) is 11.6 Å². The van der Waals surface area contributed by atoms with Crippen LogP contribution in [0.3, 0.4) is 0 Å². The van der Waals surface area contributed by atoms with Gasteiger partial charge in [-0.1, -0.05) is 60.1 Å². The van der Waals surface area contributed by atoms with Crippen LogP contribution in [0.4, 0.5) is 14.5 Å². The molecule has 5 rings (SSSR count). The number of nitrogens with zero attached hydrogens (tertiary/aromatic N) is 1. The van der Waals surface area contributed by atoms with Gasteiger partial charge in [-0.3, -0.25) is 4.79 Å². The molecule has 4 N–H and O–H groups in total. The lowest BCUT2D eigenvalue weighted by Gasteiger charge is -2.40. The van der Waals surface area contributed by atoms with Crippen LogP contribution < -0.4 is 16.4 Å². The second-order valence-electron chi connectivity index (χ2n) is 11.6. The Morgan fingerprint density at radius 3 is 2.37 bits per heavy atom. The molecule has 0 radical (unpaired) electrons. The molecule has 4 aromatic carbocycles. The van der Waals surface area contributed by atoms with Crippen molar-refractivity contribution >= 4 is 33.2 Å².